The summed E-state index contributed by atoms with van der Waals surface area (Å²) in [5.41, 5.74) is 4.99. The van der Waals surface area contributed by atoms with Crippen molar-refractivity contribution in [2.24, 2.45) is 0 Å². The number of nitrogens with one attached hydrogen (secondary N) is 1. The highest BCUT2D eigenvalue weighted by Crippen LogP contribution is 2.26. The molecular formula is C17H19Cl2N. The first kappa shape index (κ1) is 15.4. The van der Waals surface area contributed by atoms with Gasteiger partial charge in [0.05, 0.1) is 0 Å². The quantitative estimate of drug-likeness (QED) is 0.790. The van der Waals surface area contributed by atoms with Gasteiger partial charge in [0, 0.05) is 22.6 Å². The Morgan fingerprint density at radius 3 is 2.45 bits per heavy atom. The number of benzene rings is 2. The molecule has 2 rings (SSSR count). The van der Waals surface area contributed by atoms with Crippen LogP contribution in [0.15, 0.2) is 36.4 Å². The van der Waals surface area contributed by atoms with Crippen molar-refractivity contribution in [3.63, 3.8) is 0 Å². The predicted octanol–water partition coefficient (Wildman–Crippen LogP) is 5.46. The van der Waals surface area contributed by atoms with Crippen molar-refractivity contribution in [1.29, 1.82) is 0 Å². The Labute approximate surface area is 130 Å². The molecule has 0 saturated heterocycles. The zero-order chi connectivity index (χ0) is 14.7. The summed E-state index contributed by atoms with van der Waals surface area (Å²) in [6, 6.07) is 12.3. The van der Waals surface area contributed by atoms with Gasteiger partial charge in [-0.15, -0.1) is 0 Å². The van der Waals surface area contributed by atoms with Crippen molar-refractivity contribution in [1.82, 2.24) is 5.32 Å². The van der Waals surface area contributed by atoms with Crippen LogP contribution in [0.5, 0.6) is 0 Å². The van der Waals surface area contributed by atoms with Crippen LogP contribution in [-0.4, -0.2) is 0 Å². The highest BCUT2D eigenvalue weighted by Gasteiger charge is 2.10. The van der Waals surface area contributed by atoms with E-state index in [1.165, 1.54) is 16.7 Å². The number of hydrogen-bond acceptors (Lipinski definition) is 1. The number of halogens is 2. The molecule has 1 N–H and O–H groups in total. The SMILES string of the molecule is Cc1ccc(CNC(C)c2ccc(Cl)cc2Cl)c(C)c1. The molecule has 0 aliphatic rings. The second-order valence-corrected chi connectivity index (χ2v) is 6.04. The molecule has 1 nitrogen and oxygen atoms in total. The molecule has 0 aliphatic carbocycles. The Bertz CT molecular complexity index is 608. The van der Waals surface area contributed by atoms with Gasteiger partial charge in [0.25, 0.3) is 0 Å². The highest BCUT2D eigenvalue weighted by molar-refractivity contribution is 6.35. The van der Waals surface area contributed by atoms with E-state index >= 15 is 0 Å². The molecule has 0 spiro atoms. The highest BCUT2D eigenvalue weighted by atomic mass is 35.5. The summed E-state index contributed by atoms with van der Waals surface area (Å²) in [6.45, 7) is 7.19. The van der Waals surface area contributed by atoms with Gasteiger partial charge in [0.1, 0.15) is 0 Å². The van der Waals surface area contributed by atoms with Crippen molar-refractivity contribution in [3.8, 4) is 0 Å². The molecule has 0 heterocycles. The van der Waals surface area contributed by atoms with Gasteiger partial charge >= 0.3 is 0 Å². The molecule has 0 aromatic heterocycles. The largest absolute Gasteiger partial charge is 0.306 e. The molecule has 1 unspecified atom stereocenters. The Kier molecular flexibility index (Phi) is 5.09. The van der Waals surface area contributed by atoms with E-state index in [1.807, 2.05) is 12.1 Å². The van der Waals surface area contributed by atoms with Gasteiger partial charge in [-0.1, -0.05) is 53.0 Å². The monoisotopic (exact) mass is 307 g/mol. The lowest BCUT2D eigenvalue weighted by Crippen LogP contribution is -2.19. The molecule has 0 aliphatic heterocycles. The van der Waals surface area contributed by atoms with Gasteiger partial charge in [0.15, 0.2) is 0 Å². The maximum absolute atomic E-state index is 6.23. The summed E-state index contributed by atoms with van der Waals surface area (Å²) in [5.74, 6) is 0. The van der Waals surface area contributed by atoms with E-state index in [-0.39, 0.29) is 6.04 Å². The lowest BCUT2D eigenvalue weighted by Gasteiger charge is -2.17. The topological polar surface area (TPSA) is 12.0 Å². The first-order valence-corrected chi connectivity index (χ1v) is 7.47. The van der Waals surface area contributed by atoms with Crippen LogP contribution >= 0.6 is 23.2 Å². The van der Waals surface area contributed by atoms with Crippen molar-refractivity contribution in [3.05, 3.63) is 68.7 Å². The van der Waals surface area contributed by atoms with Gasteiger partial charge < -0.3 is 5.32 Å². The molecule has 20 heavy (non-hydrogen) atoms. The minimum Gasteiger partial charge on any atom is -0.306 e. The van der Waals surface area contributed by atoms with Crippen LogP contribution in [0.4, 0.5) is 0 Å². The Hall–Kier alpha value is -1.02. The molecule has 0 saturated carbocycles. The first-order valence-electron chi connectivity index (χ1n) is 6.72. The molecule has 106 valence electrons. The molecule has 2 aromatic carbocycles. The Balaban J connectivity index is 2.06. The van der Waals surface area contributed by atoms with Crippen LogP contribution in [0.25, 0.3) is 0 Å². The molecule has 0 radical (unpaired) electrons. The van der Waals surface area contributed by atoms with Crippen molar-refractivity contribution < 1.29 is 0 Å². The number of rotatable bonds is 4. The third-order valence-electron chi connectivity index (χ3n) is 3.53. The second-order valence-electron chi connectivity index (χ2n) is 5.20. The van der Waals surface area contributed by atoms with Gasteiger partial charge in [-0.25, -0.2) is 0 Å². The van der Waals surface area contributed by atoms with Gasteiger partial charge in [-0.05, 0) is 49.6 Å². The summed E-state index contributed by atoms with van der Waals surface area (Å²) >= 11 is 12.2. The molecular weight excluding hydrogens is 289 g/mol. The molecule has 3 heteroatoms. The minimum absolute atomic E-state index is 0.181. The van der Waals surface area contributed by atoms with Gasteiger partial charge in [0.2, 0.25) is 0 Å². The van der Waals surface area contributed by atoms with Crippen molar-refractivity contribution in [2.75, 3.05) is 0 Å². The predicted molar refractivity (Wildman–Crippen MR) is 87.6 cm³/mol. The van der Waals surface area contributed by atoms with Crippen molar-refractivity contribution in [2.45, 2.75) is 33.4 Å². The fraction of sp³-hybridized carbons (Fsp3) is 0.294. The fourth-order valence-electron chi connectivity index (χ4n) is 2.27. The molecule has 0 bridgehead atoms. The van der Waals surface area contributed by atoms with Crippen LogP contribution in [-0.2, 0) is 6.54 Å². The summed E-state index contributed by atoms with van der Waals surface area (Å²) in [6.07, 6.45) is 0. The zero-order valence-electron chi connectivity index (χ0n) is 12.0. The zero-order valence-corrected chi connectivity index (χ0v) is 13.5. The lowest BCUT2D eigenvalue weighted by molar-refractivity contribution is 0.573. The lowest BCUT2D eigenvalue weighted by atomic mass is 10.0. The first-order chi connectivity index (χ1) is 9.47. The van der Waals surface area contributed by atoms with Crippen LogP contribution < -0.4 is 5.32 Å². The fourth-order valence-corrected chi connectivity index (χ4v) is 2.84. The summed E-state index contributed by atoms with van der Waals surface area (Å²) in [4.78, 5) is 0. The molecule has 1 atom stereocenters. The minimum atomic E-state index is 0.181. The number of aryl methyl sites for hydroxylation is 2. The van der Waals surface area contributed by atoms with Gasteiger partial charge in [-0.3, -0.25) is 0 Å². The molecule has 0 fully saturated rings. The van der Waals surface area contributed by atoms with E-state index in [2.05, 4.69) is 44.3 Å². The third kappa shape index (κ3) is 3.76. The van der Waals surface area contributed by atoms with Crippen LogP contribution in [0.3, 0.4) is 0 Å². The van der Waals surface area contributed by atoms with Crippen LogP contribution in [0.1, 0.15) is 35.2 Å². The smallest absolute Gasteiger partial charge is 0.0468 e. The van der Waals surface area contributed by atoms with Crippen molar-refractivity contribution >= 4 is 23.2 Å². The second kappa shape index (κ2) is 6.62. The Morgan fingerprint density at radius 1 is 1.05 bits per heavy atom. The average Bonchev–Trinajstić information content (AvgIpc) is 2.37. The maximum atomic E-state index is 6.23. The maximum Gasteiger partial charge on any atom is 0.0468 e. The van der Waals surface area contributed by atoms with E-state index in [1.54, 1.807) is 6.07 Å². The molecule has 2 aromatic rings. The van der Waals surface area contributed by atoms with E-state index in [4.69, 9.17) is 23.2 Å². The normalized spacial score (nSPS) is 12.4. The van der Waals surface area contributed by atoms with E-state index in [0.29, 0.717) is 10.0 Å². The summed E-state index contributed by atoms with van der Waals surface area (Å²) in [7, 11) is 0. The third-order valence-corrected chi connectivity index (χ3v) is 4.09. The number of hydrogen-bond donors (Lipinski definition) is 1. The Morgan fingerprint density at radius 2 is 1.80 bits per heavy atom. The van der Waals surface area contributed by atoms with E-state index in [9.17, 15) is 0 Å². The standard InChI is InChI=1S/C17H19Cl2N/c1-11-4-5-14(12(2)8-11)10-20-13(3)16-7-6-15(18)9-17(16)19/h4-9,13,20H,10H2,1-3H3. The van der Waals surface area contributed by atoms with Crippen LogP contribution in [0.2, 0.25) is 10.0 Å². The van der Waals surface area contributed by atoms with Crippen LogP contribution in [0, 0.1) is 13.8 Å². The average molecular weight is 308 g/mol. The van der Waals surface area contributed by atoms with E-state index < -0.39 is 0 Å². The summed E-state index contributed by atoms with van der Waals surface area (Å²) in [5, 5.41) is 4.88. The van der Waals surface area contributed by atoms with Gasteiger partial charge in [-0.2, -0.15) is 0 Å². The van der Waals surface area contributed by atoms with E-state index in [0.717, 1.165) is 12.1 Å². The summed E-state index contributed by atoms with van der Waals surface area (Å²) < 4.78 is 0. The molecule has 0 amide bonds.